The number of nitrogens with zero attached hydrogens (tertiary/aromatic N) is 3. The van der Waals surface area contributed by atoms with E-state index in [9.17, 15) is 5.26 Å². The Labute approximate surface area is 206 Å². The molecule has 0 radical (unpaired) electrons. The summed E-state index contributed by atoms with van der Waals surface area (Å²) in [6.45, 7) is 8.54. The van der Waals surface area contributed by atoms with E-state index in [-0.39, 0.29) is 10.8 Å². The van der Waals surface area contributed by atoms with Crippen molar-refractivity contribution in [1.82, 2.24) is 0 Å². The molecular weight excluding hydrogens is 438 g/mol. The van der Waals surface area contributed by atoms with E-state index in [2.05, 4.69) is 33.8 Å². The summed E-state index contributed by atoms with van der Waals surface area (Å²) in [6.07, 6.45) is 6.60. The Kier molecular flexibility index (Phi) is 7.65. The van der Waals surface area contributed by atoms with Crippen LogP contribution < -0.4 is 14.2 Å². The maximum Gasteiger partial charge on any atom is 0.292 e. The minimum absolute atomic E-state index is 0.226. The molecule has 0 fully saturated rings. The van der Waals surface area contributed by atoms with Crippen LogP contribution in [0.2, 0.25) is 0 Å². The van der Waals surface area contributed by atoms with Crippen molar-refractivity contribution >= 4 is 0 Å². The number of nitriles is 3. The van der Waals surface area contributed by atoms with Gasteiger partial charge in [-0.3, -0.25) is 0 Å². The number of rotatable bonds is 9. The van der Waals surface area contributed by atoms with Crippen LogP contribution in [0.3, 0.4) is 0 Å². The highest BCUT2D eigenvalue weighted by Gasteiger charge is 2.26. The van der Waals surface area contributed by atoms with Crippen LogP contribution >= 0.6 is 0 Å². The second-order valence-electron chi connectivity index (χ2n) is 9.69. The van der Waals surface area contributed by atoms with Gasteiger partial charge in [0.05, 0.1) is 0 Å². The molecule has 0 aliphatic rings. The minimum atomic E-state index is -0.247. The van der Waals surface area contributed by atoms with Gasteiger partial charge in [-0.2, -0.15) is 0 Å². The van der Waals surface area contributed by atoms with E-state index >= 15 is 0 Å². The number of hydrogen-bond donors (Lipinski definition) is 0. The lowest BCUT2D eigenvalue weighted by Gasteiger charge is -2.29. The molecule has 0 atom stereocenters. The molecule has 0 aliphatic carbocycles. The third kappa shape index (κ3) is 6.32. The zero-order valence-electron chi connectivity index (χ0n) is 20.3. The fraction of sp³-hybridized carbons (Fsp3) is 0.276. The predicted molar refractivity (Wildman–Crippen MR) is 132 cm³/mol. The Hall–Kier alpha value is -4.47. The molecule has 35 heavy (non-hydrogen) atoms. The van der Waals surface area contributed by atoms with Crippen LogP contribution in [0.5, 0.6) is 17.2 Å². The van der Waals surface area contributed by atoms with E-state index in [4.69, 9.17) is 24.7 Å². The molecule has 0 heterocycles. The Morgan fingerprint density at radius 1 is 0.600 bits per heavy atom. The van der Waals surface area contributed by atoms with E-state index in [0.717, 1.165) is 28.7 Å². The summed E-state index contributed by atoms with van der Waals surface area (Å²) < 4.78 is 15.1. The second kappa shape index (κ2) is 10.6. The highest BCUT2D eigenvalue weighted by Crippen LogP contribution is 2.36. The predicted octanol–water partition coefficient (Wildman–Crippen LogP) is 6.31. The Morgan fingerprint density at radius 3 is 1.63 bits per heavy atom. The molecule has 176 valence electrons. The molecule has 0 N–H and O–H groups in total. The summed E-state index contributed by atoms with van der Waals surface area (Å²) in [7, 11) is 0. The minimum Gasteiger partial charge on any atom is -0.388 e. The van der Waals surface area contributed by atoms with Gasteiger partial charge in [-0.25, -0.2) is 0 Å². The van der Waals surface area contributed by atoms with Crippen LogP contribution in [0, 0.1) is 34.6 Å². The van der Waals surface area contributed by atoms with E-state index in [1.54, 1.807) is 36.8 Å². The first-order valence-corrected chi connectivity index (χ1v) is 11.2. The maximum absolute atomic E-state index is 9.29. The summed E-state index contributed by atoms with van der Waals surface area (Å²) in [5.74, 6) is 1.56. The maximum atomic E-state index is 9.29. The molecule has 3 aromatic carbocycles. The van der Waals surface area contributed by atoms with Gasteiger partial charge in [0.1, 0.15) is 17.2 Å². The third-order valence-corrected chi connectivity index (χ3v) is 6.17. The zero-order chi connectivity index (χ0) is 25.5. The lowest BCUT2D eigenvalue weighted by molar-refractivity contribution is 0.466. The molecule has 0 unspecified atom stereocenters. The van der Waals surface area contributed by atoms with Crippen molar-refractivity contribution in [3.63, 3.8) is 0 Å². The third-order valence-electron chi connectivity index (χ3n) is 6.17. The highest BCUT2D eigenvalue weighted by atomic mass is 16.5. The van der Waals surface area contributed by atoms with Gasteiger partial charge in [-0.1, -0.05) is 64.1 Å². The monoisotopic (exact) mass is 465 g/mol. The summed E-state index contributed by atoms with van der Waals surface area (Å²) in [4.78, 5) is 0. The number of benzene rings is 3. The van der Waals surface area contributed by atoms with Crippen LogP contribution in [-0.4, -0.2) is 0 Å². The van der Waals surface area contributed by atoms with Gasteiger partial charge < -0.3 is 14.2 Å². The smallest absolute Gasteiger partial charge is 0.292 e. The van der Waals surface area contributed by atoms with Gasteiger partial charge in [0, 0.05) is 0 Å². The van der Waals surface area contributed by atoms with Crippen LogP contribution in [0.25, 0.3) is 0 Å². The molecule has 0 amide bonds. The summed E-state index contributed by atoms with van der Waals surface area (Å²) in [5, 5.41) is 26.6. The largest absolute Gasteiger partial charge is 0.388 e. The molecule has 0 aromatic heterocycles. The van der Waals surface area contributed by atoms with E-state index in [1.807, 2.05) is 42.7 Å². The van der Waals surface area contributed by atoms with Crippen molar-refractivity contribution in [2.24, 2.45) is 0 Å². The fourth-order valence-electron chi connectivity index (χ4n) is 4.21. The molecule has 6 heteroatoms. The van der Waals surface area contributed by atoms with E-state index < -0.39 is 0 Å². The summed E-state index contributed by atoms with van der Waals surface area (Å²) in [6, 6.07) is 21.0. The molecule has 0 bridgehead atoms. The zero-order valence-corrected chi connectivity index (χ0v) is 20.3. The van der Waals surface area contributed by atoms with Crippen molar-refractivity contribution in [2.75, 3.05) is 0 Å². The average molecular weight is 466 g/mol. The molecule has 0 spiro atoms. The molecule has 0 saturated carbocycles. The lowest BCUT2D eigenvalue weighted by Crippen LogP contribution is -2.22. The van der Waals surface area contributed by atoms with Crippen molar-refractivity contribution in [1.29, 1.82) is 15.8 Å². The van der Waals surface area contributed by atoms with Gasteiger partial charge in [0.25, 0.3) is 18.8 Å². The van der Waals surface area contributed by atoms with Crippen molar-refractivity contribution in [2.45, 2.75) is 51.4 Å². The Morgan fingerprint density at radius 2 is 1.09 bits per heavy atom. The summed E-state index contributed by atoms with van der Waals surface area (Å²) >= 11 is 0. The number of ether oxygens (including phenoxy) is 3. The van der Waals surface area contributed by atoms with Crippen LogP contribution in [0.4, 0.5) is 0 Å². The molecule has 3 aromatic rings. The Bertz CT molecular complexity index is 1290. The standard InChI is InChI=1S/C29H27N3O3/c1-28(2,16-21-5-11-25(12-6-21)33-18-30)24-8-7-22(27(15-24)35-20-32)17-29(3,4)23-9-13-26(14-10-23)34-19-31/h5-15H,16-17H2,1-4H3. The molecule has 0 saturated heterocycles. The Balaban J connectivity index is 1.84. The van der Waals surface area contributed by atoms with Gasteiger partial charge in [0.15, 0.2) is 0 Å². The summed E-state index contributed by atoms with van der Waals surface area (Å²) in [5.41, 5.74) is 3.71. The van der Waals surface area contributed by atoms with Crippen molar-refractivity contribution in [3.05, 3.63) is 89.0 Å². The van der Waals surface area contributed by atoms with Crippen LogP contribution in [0.1, 0.15) is 49.9 Å². The first-order chi connectivity index (χ1) is 16.7. The highest BCUT2D eigenvalue weighted by molar-refractivity contribution is 5.44. The van der Waals surface area contributed by atoms with E-state index in [0.29, 0.717) is 23.7 Å². The van der Waals surface area contributed by atoms with Crippen LogP contribution in [0.15, 0.2) is 66.7 Å². The quantitative estimate of drug-likeness (QED) is 0.344. The van der Waals surface area contributed by atoms with Crippen molar-refractivity contribution in [3.8, 4) is 36.0 Å². The SMILES string of the molecule is CC(C)(Cc1ccc(OC#N)cc1)c1ccc(CC(C)(C)c2ccc(OC#N)cc2)c(OC#N)c1. The molecule has 0 aliphatic heterocycles. The average Bonchev–Trinajstić information content (AvgIpc) is 2.82. The molecule has 3 rings (SSSR count). The first-order valence-electron chi connectivity index (χ1n) is 11.2. The first kappa shape index (κ1) is 25.2. The van der Waals surface area contributed by atoms with Gasteiger partial charge in [-0.05, 0) is 76.3 Å². The van der Waals surface area contributed by atoms with Gasteiger partial charge in [-0.15, -0.1) is 15.8 Å². The van der Waals surface area contributed by atoms with Gasteiger partial charge in [0.2, 0.25) is 0 Å². The topological polar surface area (TPSA) is 99.1 Å². The van der Waals surface area contributed by atoms with Gasteiger partial charge >= 0.3 is 0 Å². The van der Waals surface area contributed by atoms with E-state index in [1.165, 1.54) is 0 Å². The van der Waals surface area contributed by atoms with Crippen molar-refractivity contribution < 1.29 is 14.2 Å². The van der Waals surface area contributed by atoms with Crippen LogP contribution in [-0.2, 0) is 23.7 Å². The molecule has 6 nitrogen and oxygen atoms in total. The lowest BCUT2D eigenvalue weighted by atomic mass is 9.76. The molecular formula is C29H27N3O3. The normalized spacial score (nSPS) is 11.0. The fourth-order valence-corrected chi connectivity index (χ4v) is 4.21. The number of hydrogen-bond acceptors (Lipinski definition) is 6. The second-order valence-corrected chi connectivity index (χ2v) is 9.69.